The van der Waals surface area contributed by atoms with E-state index in [2.05, 4.69) is 110 Å². The van der Waals surface area contributed by atoms with Gasteiger partial charge in [-0.05, 0) is 55.5 Å². The second-order valence-corrected chi connectivity index (χ2v) is 11.4. The van der Waals surface area contributed by atoms with E-state index >= 15 is 0 Å². The quantitative estimate of drug-likeness (QED) is 0.279. The first-order valence-corrected chi connectivity index (χ1v) is 12.8. The number of oxazole rings is 1. The third kappa shape index (κ3) is 3.58. The number of aryl methyl sites for hydroxylation is 1. The molecule has 5 aromatic rings. The summed E-state index contributed by atoms with van der Waals surface area (Å²) >= 11 is 4.83. The lowest BCUT2D eigenvalue weighted by Crippen LogP contribution is -2.39. The molecule has 0 N–H and O–H groups in total. The topological polar surface area (TPSA) is 26.0 Å². The van der Waals surface area contributed by atoms with E-state index in [1.54, 1.807) is 0 Å². The molecule has 0 bridgehead atoms. The maximum absolute atomic E-state index is 6.19. The van der Waals surface area contributed by atoms with E-state index in [1.165, 1.54) is 21.5 Å². The summed E-state index contributed by atoms with van der Waals surface area (Å²) < 4.78 is 6.19. The van der Waals surface area contributed by atoms with Crippen LogP contribution >= 0.6 is 19.9 Å². The van der Waals surface area contributed by atoms with Crippen molar-refractivity contribution in [1.82, 2.24) is 4.98 Å². The first-order chi connectivity index (χ1) is 15.7. The molecule has 0 fully saturated rings. The lowest BCUT2D eigenvalue weighted by molar-refractivity contribution is 0.489. The van der Waals surface area contributed by atoms with E-state index in [1.807, 2.05) is 12.1 Å². The monoisotopic (exact) mass is 452 g/mol. The van der Waals surface area contributed by atoms with Gasteiger partial charge in [-0.3, -0.25) is 0 Å². The van der Waals surface area contributed by atoms with Crippen LogP contribution in [0, 0.1) is 6.92 Å². The summed E-state index contributed by atoms with van der Waals surface area (Å²) in [5, 5.41) is 4.22. The van der Waals surface area contributed by atoms with Crippen molar-refractivity contribution >= 4 is 41.2 Å². The van der Waals surface area contributed by atoms with E-state index in [0.717, 1.165) is 11.0 Å². The van der Waals surface area contributed by atoms with Crippen LogP contribution in [-0.4, -0.2) is 4.98 Å². The van der Waals surface area contributed by atoms with Gasteiger partial charge in [0.15, 0.2) is 7.26 Å². The molecule has 0 aliphatic heterocycles. The standard InChI is InChI=1S/C28H22NOPS/c1-21-17-19-22(20-18-21)26-29-27(28(32)30-26)31(23-11-5-2-6-12-23,24-13-7-3-8-14-24)25-15-9-4-10-16-25/h2-20H,1H3/p+1. The Hall–Kier alpha value is -3.13. The van der Waals surface area contributed by atoms with Gasteiger partial charge in [0.2, 0.25) is 11.0 Å². The maximum atomic E-state index is 6.19. The van der Waals surface area contributed by atoms with Gasteiger partial charge in [0, 0.05) is 5.56 Å². The number of benzene rings is 4. The minimum absolute atomic E-state index is 0.561. The fourth-order valence-corrected chi connectivity index (χ4v) is 8.76. The molecule has 0 aliphatic rings. The van der Waals surface area contributed by atoms with Crippen LogP contribution in [0.25, 0.3) is 11.5 Å². The highest BCUT2D eigenvalue weighted by molar-refractivity contribution is 8.02. The Morgan fingerprint density at radius 3 is 1.50 bits per heavy atom. The van der Waals surface area contributed by atoms with Crippen LogP contribution in [0.15, 0.2) is 125 Å². The Morgan fingerprint density at radius 2 is 1.06 bits per heavy atom. The molecule has 2 nitrogen and oxygen atoms in total. The molecule has 32 heavy (non-hydrogen) atoms. The van der Waals surface area contributed by atoms with Crippen molar-refractivity contribution in [3.8, 4) is 11.5 Å². The van der Waals surface area contributed by atoms with Crippen LogP contribution in [0.3, 0.4) is 0 Å². The van der Waals surface area contributed by atoms with Gasteiger partial charge in [-0.1, -0.05) is 84.9 Å². The second-order valence-electron chi connectivity index (χ2n) is 7.69. The van der Waals surface area contributed by atoms with Crippen LogP contribution < -0.4 is 21.3 Å². The molecule has 0 atom stereocenters. The lowest BCUT2D eigenvalue weighted by atomic mass is 10.1. The van der Waals surface area contributed by atoms with Crippen molar-refractivity contribution in [3.05, 3.63) is 121 Å². The molecule has 0 unspecified atom stereocenters. The summed E-state index contributed by atoms with van der Waals surface area (Å²) in [6.07, 6.45) is 0. The first kappa shape index (κ1) is 20.8. The highest BCUT2D eigenvalue weighted by Gasteiger charge is 2.52. The molecule has 0 saturated carbocycles. The number of rotatable bonds is 5. The Balaban J connectivity index is 1.84. The molecular weight excluding hydrogens is 429 g/mol. The predicted octanol–water partition coefficient (Wildman–Crippen LogP) is 5.56. The minimum Gasteiger partial charge on any atom is -0.426 e. The average molecular weight is 453 g/mol. The van der Waals surface area contributed by atoms with Crippen molar-refractivity contribution in [1.29, 1.82) is 0 Å². The van der Waals surface area contributed by atoms with Gasteiger partial charge < -0.3 is 4.42 Å². The van der Waals surface area contributed by atoms with E-state index in [4.69, 9.17) is 22.0 Å². The first-order valence-electron chi connectivity index (χ1n) is 10.5. The summed E-state index contributed by atoms with van der Waals surface area (Å²) in [6, 6.07) is 40.1. The molecule has 1 aromatic heterocycles. The van der Waals surface area contributed by atoms with Crippen LogP contribution in [0.2, 0.25) is 0 Å². The van der Waals surface area contributed by atoms with Gasteiger partial charge in [-0.2, -0.15) is 4.98 Å². The molecule has 0 spiro atoms. The third-order valence-corrected chi connectivity index (χ3v) is 10.3. The second kappa shape index (κ2) is 8.78. The molecule has 0 radical (unpaired) electrons. The predicted molar refractivity (Wildman–Crippen MR) is 139 cm³/mol. The van der Waals surface area contributed by atoms with Gasteiger partial charge in [0.25, 0.3) is 5.44 Å². The van der Waals surface area contributed by atoms with Crippen molar-refractivity contribution in [2.75, 3.05) is 0 Å². The Morgan fingerprint density at radius 1 is 0.625 bits per heavy atom. The average Bonchev–Trinajstić information content (AvgIpc) is 3.24. The van der Waals surface area contributed by atoms with E-state index in [-0.39, 0.29) is 0 Å². The largest absolute Gasteiger partial charge is 0.426 e. The Labute approximate surface area is 194 Å². The van der Waals surface area contributed by atoms with Gasteiger partial charge in [0.05, 0.1) is 0 Å². The molecule has 0 amide bonds. The molecule has 4 heteroatoms. The van der Waals surface area contributed by atoms with Crippen molar-refractivity contribution < 1.29 is 4.42 Å². The van der Waals surface area contributed by atoms with Crippen molar-refractivity contribution in [2.45, 2.75) is 12.0 Å². The number of aromatic nitrogens is 1. The van der Waals surface area contributed by atoms with Crippen molar-refractivity contribution in [3.63, 3.8) is 0 Å². The summed E-state index contributed by atoms with van der Waals surface area (Å²) in [4.78, 5) is 5.12. The molecular formula is C28H23NOPS+. The number of nitrogens with zero attached hydrogens (tertiary/aromatic N) is 1. The SMILES string of the molecule is Cc1ccc(-c2nc([P+](c3ccccc3)(c3ccccc3)c3ccccc3)c(S)o2)cc1. The highest BCUT2D eigenvalue weighted by Crippen LogP contribution is 2.55. The summed E-state index contributed by atoms with van der Waals surface area (Å²) in [5.74, 6) is 0.595. The minimum atomic E-state index is -2.33. The Bertz CT molecular complexity index is 1220. The fourth-order valence-electron chi connectivity index (χ4n) is 4.11. The number of hydrogen-bond donors (Lipinski definition) is 1. The van der Waals surface area contributed by atoms with E-state index < -0.39 is 7.26 Å². The van der Waals surface area contributed by atoms with Crippen LogP contribution in [0.5, 0.6) is 0 Å². The zero-order valence-corrected chi connectivity index (χ0v) is 19.5. The fraction of sp³-hybridized carbons (Fsp3) is 0.0357. The summed E-state index contributed by atoms with van der Waals surface area (Å²) in [5.41, 5.74) is 3.04. The molecule has 0 aliphatic carbocycles. The summed E-state index contributed by atoms with van der Waals surface area (Å²) in [7, 11) is -2.33. The van der Waals surface area contributed by atoms with Crippen LogP contribution in [0.1, 0.15) is 5.56 Å². The molecule has 1 heterocycles. The molecule has 0 saturated heterocycles. The molecule has 156 valence electrons. The zero-order valence-electron chi connectivity index (χ0n) is 17.7. The van der Waals surface area contributed by atoms with Crippen LogP contribution in [-0.2, 0) is 0 Å². The van der Waals surface area contributed by atoms with Crippen molar-refractivity contribution in [2.24, 2.45) is 0 Å². The van der Waals surface area contributed by atoms with Gasteiger partial charge in [-0.15, -0.1) is 0 Å². The zero-order chi connectivity index (χ0) is 22.0. The van der Waals surface area contributed by atoms with Gasteiger partial charge in [0.1, 0.15) is 15.9 Å². The maximum Gasteiger partial charge on any atom is 0.250 e. The van der Waals surface area contributed by atoms with Gasteiger partial charge >= 0.3 is 0 Å². The Kier molecular flexibility index (Phi) is 5.70. The smallest absolute Gasteiger partial charge is 0.250 e. The third-order valence-electron chi connectivity index (χ3n) is 5.64. The number of thiol groups is 1. The summed E-state index contributed by atoms with van der Waals surface area (Å²) in [6.45, 7) is 2.07. The van der Waals surface area contributed by atoms with E-state index in [0.29, 0.717) is 11.0 Å². The number of hydrogen-bond acceptors (Lipinski definition) is 3. The molecule has 5 rings (SSSR count). The van der Waals surface area contributed by atoms with E-state index in [9.17, 15) is 0 Å². The normalized spacial score (nSPS) is 11.4. The highest BCUT2D eigenvalue weighted by atomic mass is 32.1. The lowest BCUT2D eigenvalue weighted by Gasteiger charge is -2.25. The van der Waals surface area contributed by atoms with Gasteiger partial charge in [-0.25, -0.2) is 0 Å². The molecule has 4 aromatic carbocycles. The van der Waals surface area contributed by atoms with Crippen LogP contribution in [0.4, 0.5) is 0 Å².